The van der Waals surface area contributed by atoms with Crippen molar-refractivity contribution in [2.75, 3.05) is 0 Å². The molecule has 1 aliphatic carbocycles. The molecule has 0 saturated heterocycles. The van der Waals surface area contributed by atoms with Crippen molar-refractivity contribution in [1.82, 2.24) is 0 Å². The predicted octanol–water partition coefficient (Wildman–Crippen LogP) is 8.53. The number of aryl methyl sites for hydroxylation is 2. The highest BCUT2D eigenvalue weighted by Gasteiger charge is 2.32. The van der Waals surface area contributed by atoms with Crippen LogP contribution in [0.5, 0.6) is 11.5 Å². The maximum atomic E-state index is 6.79. The molecule has 0 atom stereocenters. The van der Waals surface area contributed by atoms with Crippen LogP contribution in [0, 0.1) is 25.2 Å². The summed E-state index contributed by atoms with van der Waals surface area (Å²) < 4.78 is 9.18. The van der Waals surface area contributed by atoms with E-state index >= 15 is 0 Å². The van der Waals surface area contributed by atoms with Gasteiger partial charge < -0.3 is 4.74 Å². The molecular formula is C33H38NO+. The van der Waals surface area contributed by atoms with Gasteiger partial charge in [-0.25, -0.2) is 0 Å². The topological polar surface area (TPSA) is 13.1 Å². The van der Waals surface area contributed by atoms with Gasteiger partial charge in [0.2, 0.25) is 5.52 Å². The summed E-state index contributed by atoms with van der Waals surface area (Å²) in [6.45, 7) is 11.4. The summed E-state index contributed by atoms with van der Waals surface area (Å²) in [7, 11) is 2.22. The van der Waals surface area contributed by atoms with Crippen molar-refractivity contribution in [3.63, 3.8) is 0 Å². The van der Waals surface area contributed by atoms with Gasteiger partial charge >= 0.3 is 0 Å². The van der Waals surface area contributed by atoms with Gasteiger partial charge in [0.25, 0.3) is 5.69 Å². The van der Waals surface area contributed by atoms with Crippen LogP contribution < -0.4 is 9.30 Å². The summed E-state index contributed by atoms with van der Waals surface area (Å²) in [4.78, 5) is 0. The molecule has 1 saturated carbocycles. The second-order valence-electron chi connectivity index (χ2n) is 12.3. The molecule has 0 amide bonds. The highest BCUT2D eigenvalue weighted by atomic mass is 16.5. The lowest BCUT2D eigenvalue weighted by atomic mass is 9.85. The van der Waals surface area contributed by atoms with E-state index in [1.54, 1.807) is 0 Å². The molecule has 2 aliphatic rings. The molecular weight excluding hydrogens is 426 g/mol. The van der Waals surface area contributed by atoms with Crippen molar-refractivity contribution >= 4 is 21.7 Å². The number of hydrogen-bond donors (Lipinski definition) is 0. The quantitative estimate of drug-likeness (QED) is 0.244. The molecule has 2 nitrogen and oxygen atoms in total. The number of nitrogens with zero attached hydrogens (tertiary/aromatic N) is 1. The fourth-order valence-electron chi connectivity index (χ4n) is 6.63. The monoisotopic (exact) mass is 464 g/mol. The smallest absolute Gasteiger partial charge is 0.256 e. The Bertz CT molecular complexity index is 1480. The minimum absolute atomic E-state index is 0.229. The molecule has 2 heteroatoms. The van der Waals surface area contributed by atoms with Gasteiger partial charge in [0.05, 0.1) is 10.9 Å². The number of aromatic nitrogens is 1. The molecule has 1 aromatic heterocycles. The van der Waals surface area contributed by atoms with Crippen LogP contribution in [0.3, 0.4) is 0 Å². The normalized spacial score (nSPS) is 15.6. The summed E-state index contributed by atoms with van der Waals surface area (Å²) >= 11 is 0. The first-order valence-corrected chi connectivity index (χ1v) is 13.4. The Balaban J connectivity index is 1.60. The largest absolute Gasteiger partial charge is 0.450 e. The summed E-state index contributed by atoms with van der Waals surface area (Å²) in [5.41, 5.74) is 9.58. The third-order valence-corrected chi connectivity index (χ3v) is 8.33. The lowest BCUT2D eigenvalue weighted by Crippen LogP contribution is -2.34. The predicted molar refractivity (Wildman–Crippen MR) is 146 cm³/mol. The number of pyridine rings is 1. The van der Waals surface area contributed by atoms with E-state index in [4.69, 9.17) is 4.74 Å². The minimum Gasteiger partial charge on any atom is -0.450 e. The number of hydrogen-bond acceptors (Lipinski definition) is 1. The lowest BCUT2D eigenvalue weighted by Gasteiger charge is -2.25. The van der Waals surface area contributed by atoms with E-state index in [-0.39, 0.29) is 5.41 Å². The van der Waals surface area contributed by atoms with Crippen molar-refractivity contribution in [2.45, 2.75) is 73.1 Å². The molecule has 4 aromatic rings. The number of ether oxygens (including phenoxy) is 1. The van der Waals surface area contributed by atoms with Crippen molar-refractivity contribution in [3.05, 3.63) is 64.7 Å². The summed E-state index contributed by atoms with van der Waals surface area (Å²) in [6, 6.07) is 16.2. The van der Waals surface area contributed by atoms with E-state index in [0.29, 0.717) is 0 Å². The van der Waals surface area contributed by atoms with Gasteiger partial charge in [0.1, 0.15) is 12.8 Å². The molecule has 0 N–H and O–H groups in total. The Hall–Kier alpha value is -2.87. The summed E-state index contributed by atoms with van der Waals surface area (Å²) in [6.07, 6.45) is 7.72. The Morgan fingerprint density at radius 3 is 2.49 bits per heavy atom. The van der Waals surface area contributed by atoms with E-state index in [0.717, 1.165) is 23.8 Å². The summed E-state index contributed by atoms with van der Waals surface area (Å²) in [5, 5.41) is 3.90. The SMILES string of the molecule is Cc1cc2cc(CC(C)(C)C)cc3c2c(c1C)-c1c(cc2c(CC4CCCC4)cccc2[n+]1C)O3. The van der Waals surface area contributed by atoms with Crippen LogP contribution in [0.4, 0.5) is 0 Å². The van der Waals surface area contributed by atoms with Crippen molar-refractivity contribution < 1.29 is 9.30 Å². The third kappa shape index (κ3) is 3.82. The second kappa shape index (κ2) is 8.08. The van der Waals surface area contributed by atoms with Crippen LogP contribution in [0.15, 0.2) is 42.5 Å². The van der Waals surface area contributed by atoms with E-state index in [1.807, 2.05) is 0 Å². The standard InChI is InChI=1S/C33H38NO/c1-20-14-25-16-23(19-33(3,4)5)17-28-31(25)30(21(20)2)32-29(35-28)18-26-24(15-22-10-7-8-11-22)12-9-13-27(26)34(32)6/h9,12-14,16-18,22H,7-8,10-11,15,19H2,1-6H3/q+1. The first kappa shape index (κ1) is 22.6. The van der Waals surface area contributed by atoms with Crippen LogP contribution in [-0.4, -0.2) is 0 Å². The molecule has 0 bridgehead atoms. The average molecular weight is 465 g/mol. The zero-order chi connectivity index (χ0) is 24.5. The molecule has 35 heavy (non-hydrogen) atoms. The van der Waals surface area contributed by atoms with Gasteiger partial charge in [-0.15, -0.1) is 0 Å². The van der Waals surface area contributed by atoms with Crippen LogP contribution in [-0.2, 0) is 19.9 Å². The number of rotatable bonds is 3. The van der Waals surface area contributed by atoms with Crippen LogP contribution in [0.1, 0.15) is 68.7 Å². The second-order valence-corrected chi connectivity index (χ2v) is 12.3. The van der Waals surface area contributed by atoms with Crippen molar-refractivity contribution in [3.8, 4) is 22.8 Å². The van der Waals surface area contributed by atoms with Gasteiger partial charge in [0, 0.05) is 17.5 Å². The van der Waals surface area contributed by atoms with E-state index in [9.17, 15) is 0 Å². The minimum atomic E-state index is 0.229. The number of benzene rings is 3. The maximum absolute atomic E-state index is 6.79. The first-order valence-electron chi connectivity index (χ1n) is 13.4. The maximum Gasteiger partial charge on any atom is 0.256 e. The van der Waals surface area contributed by atoms with E-state index in [2.05, 4.69) is 88.7 Å². The zero-order valence-corrected chi connectivity index (χ0v) is 22.2. The fourth-order valence-corrected chi connectivity index (χ4v) is 6.63. The molecule has 2 heterocycles. The first-order chi connectivity index (χ1) is 16.7. The Morgan fingerprint density at radius 2 is 1.74 bits per heavy atom. The van der Waals surface area contributed by atoms with Crippen LogP contribution >= 0.6 is 0 Å². The van der Waals surface area contributed by atoms with Crippen LogP contribution in [0.2, 0.25) is 0 Å². The molecule has 0 spiro atoms. The van der Waals surface area contributed by atoms with Gasteiger partial charge in [0.15, 0.2) is 5.75 Å². The van der Waals surface area contributed by atoms with Crippen LogP contribution in [0.25, 0.3) is 32.9 Å². The molecule has 3 aromatic carbocycles. The average Bonchev–Trinajstić information content (AvgIpc) is 3.29. The molecule has 0 unspecified atom stereocenters. The van der Waals surface area contributed by atoms with Gasteiger partial charge in [-0.3, -0.25) is 0 Å². The highest BCUT2D eigenvalue weighted by Crippen LogP contribution is 2.49. The van der Waals surface area contributed by atoms with Crippen molar-refractivity contribution in [1.29, 1.82) is 0 Å². The van der Waals surface area contributed by atoms with Gasteiger partial charge in [-0.1, -0.05) is 70.7 Å². The molecule has 1 aliphatic heterocycles. The van der Waals surface area contributed by atoms with E-state index in [1.165, 1.54) is 87.3 Å². The zero-order valence-electron chi connectivity index (χ0n) is 22.2. The molecule has 6 rings (SSSR count). The lowest BCUT2D eigenvalue weighted by molar-refractivity contribution is -0.633. The summed E-state index contributed by atoms with van der Waals surface area (Å²) in [5.74, 6) is 2.83. The Labute approximate surface area is 209 Å². The van der Waals surface area contributed by atoms with Crippen molar-refractivity contribution in [2.24, 2.45) is 18.4 Å². The molecule has 1 fully saturated rings. The third-order valence-electron chi connectivity index (χ3n) is 8.33. The molecule has 0 radical (unpaired) electrons. The van der Waals surface area contributed by atoms with E-state index < -0.39 is 0 Å². The van der Waals surface area contributed by atoms with Gasteiger partial charge in [-0.05, 0) is 71.7 Å². The number of fused-ring (bicyclic) bond motifs is 3. The fraction of sp³-hybridized carbons (Fsp3) is 0.424. The Morgan fingerprint density at radius 1 is 0.971 bits per heavy atom. The Kier molecular flexibility index (Phi) is 5.22. The van der Waals surface area contributed by atoms with Gasteiger partial charge in [-0.2, -0.15) is 4.57 Å². The highest BCUT2D eigenvalue weighted by molar-refractivity contribution is 6.05. The molecule has 180 valence electrons.